The molecule has 2 aromatic carbocycles. The van der Waals surface area contributed by atoms with Crippen LogP contribution in [0.15, 0.2) is 72.3 Å². The number of fused-ring (bicyclic) bond motifs is 2. The molecule has 0 aromatic heterocycles. The molecule has 0 saturated heterocycles. The third kappa shape index (κ3) is 8.04. The molecule has 1 unspecified atom stereocenters. The molecule has 11 heteroatoms. The Kier molecular flexibility index (Phi) is 9.87. The van der Waals surface area contributed by atoms with E-state index in [-0.39, 0.29) is 18.9 Å². The monoisotopic (exact) mass is 560 g/mol. The Balaban J connectivity index is 1.21. The molecule has 214 valence electrons. The summed E-state index contributed by atoms with van der Waals surface area (Å²) >= 11 is 0. The zero-order valence-corrected chi connectivity index (χ0v) is 22.4. The standard InChI is InChI=1S/C30H32N4O7/c35-26(31-16-27(36)34-25(29(39)32-17-28(37)38)14-19-8-2-1-3-9-19)15-33-30(40)41-18-24-22-12-6-4-10-20(22)21-11-5-7-13-23(21)24/h1-6,8-12,24-25H,7,13-18H2,(H,31,35)(H,32,39)(H,33,40)(H,34,36)(H,37,38)/t24?,25-/m0/s1. The lowest BCUT2D eigenvalue weighted by Crippen LogP contribution is -2.51. The summed E-state index contributed by atoms with van der Waals surface area (Å²) in [6, 6.07) is 15.9. The normalized spacial score (nSPS) is 15.7. The Labute approximate surface area is 237 Å². The van der Waals surface area contributed by atoms with Gasteiger partial charge in [0.1, 0.15) is 25.7 Å². The van der Waals surface area contributed by atoms with E-state index in [4.69, 9.17) is 9.84 Å². The van der Waals surface area contributed by atoms with Gasteiger partial charge in [-0.25, -0.2) is 4.79 Å². The van der Waals surface area contributed by atoms with Crippen LogP contribution in [0.4, 0.5) is 4.79 Å². The van der Waals surface area contributed by atoms with E-state index in [1.54, 1.807) is 30.3 Å². The van der Waals surface area contributed by atoms with Crippen molar-refractivity contribution < 1.29 is 33.8 Å². The highest BCUT2D eigenvalue weighted by Crippen LogP contribution is 2.46. The van der Waals surface area contributed by atoms with Gasteiger partial charge in [0.25, 0.3) is 0 Å². The number of carbonyl (C=O) groups is 5. The molecule has 0 radical (unpaired) electrons. The van der Waals surface area contributed by atoms with Crippen molar-refractivity contribution in [2.24, 2.45) is 0 Å². The van der Waals surface area contributed by atoms with Crippen molar-refractivity contribution in [3.8, 4) is 0 Å². The molecule has 41 heavy (non-hydrogen) atoms. The molecule has 2 atom stereocenters. The van der Waals surface area contributed by atoms with Crippen LogP contribution in [0.2, 0.25) is 0 Å². The van der Waals surface area contributed by atoms with Crippen molar-refractivity contribution in [2.45, 2.75) is 31.2 Å². The Morgan fingerprint density at radius 3 is 2.39 bits per heavy atom. The average Bonchev–Trinajstić information content (AvgIpc) is 3.30. The van der Waals surface area contributed by atoms with Crippen LogP contribution in [-0.4, -0.2) is 67.2 Å². The van der Waals surface area contributed by atoms with Crippen molar-refractivity contribution in [3.05, 3.63) is 89.0 Å². The molecule has 2 aromatic rings. The van der Waals surface area contributed by atoms with Crippen molar-refractivity contribution in [3.63, 3.8) is 0 Å². The minimum atomic E-state index is -1.22. The number of rotatable bonds is 12. The van der Waals surface area contributed by atoms with Crippen LogP contribution in [0.3, 0.4) is 0 Å². The smallest absolute Gasteiger partial charge is 0.407 e. The van der Waals surface area contributed by atoms with Crippen LogP contribution in [0, 0.1) is 0 Å². The van der Waals surface area contributed by atoms with Crippen LogP contribution in [0.5, 0.6) is 0 Å². The lowest BCUT2D eigenvalue weighted by molar-refractivity contribution is -0.138. The second-order valence-electron chi connectivity index (χ2n) is 9.67. The summed E-state index contributed by atoms with van der Waals surface area (Å²) in [7, 11) is 0. The maximum atomic E-state index is 12.5. The summed E-state index contributed by atoms with van der Waals surface area (Å²) < 4.78 is 5.43. The molecule has 0 heterocycles. The number of ether oxygens (including phenoxy) is 1. The number of alkyl carbamates (subject to hydrolysis) is 1. The molecule has 2 aliphatic carbocycles. The van der Waals surface area contributed by atoms with Crippen molar-refractivity contribution in [1.29, 1.82) is 0 Å². The van der Waals surface area contributed by atoms with Gasteiger partial charge < -0.3 is 31.1 Å². The van der Waals surface area contributed by atoms with Gasteiger partial charge in [-0.1, -0.05) is 72.3 Å². The number of hydrogen-bond acceptors (Lipinski definition) is 6. The zero-order valence-electron chi connectivity index (χ0n) is 22.4. The van der Waals surface area contributed by atoms with Gasteiger partial charge >= 0.3 is 12.1 Å². The highest BCUT2D eigenvalue weighted by Gasteiger charge is 2.31. The summed E-state index contributed by atoms with van der Waals surface area (Å²) in [6.07, 6.45) is 5.46. The van der Waals surface area contributed by atoms with Crippen LogP contribution in [0.1, 0.15) is 35.4 Å². The van der Waals surface area contributed by atoms with Crippen LogP contribution >= 0.6 is 0 Å². The fourth-order valence-electron chi connectivity index (χ4n) is 4.92. The Morgan fingerprint density at radius 1 is 0.878 bits per heavy atom. The highest BCUT2D eigenvalue weighted by molar-refractivity contribution is 5.92. The molecule has 4 amide bonds. The van der Waals surface area contributed by atoms with E-state index < -0.39 is 55.5 Å². The van der Waals surface area contributed by atoms with Gasteiger partial charge in [-0.2, -0.15) is 0 Å². The quantitative estimate of drug-likeness (QED) is 0.264. The number of amides is 4. The zero-order chi connectivity index (χ0) is 29.2. The molecular formula is C30H32N4O7. The Hall–Kier alpha value is -4.93. The van der Waals surface area contributed by atoms with Gasteiger partial charge in [0.2, 0.25) is 17.7 Å². The van der Waals surface area contributed by atoms with E-state index in [1.165, 1.54) is 11.1 Å². The summed E-state index contributed by atoms with van der Waals surface area (Å²) in [5.41, 5.74) is 5.44. The average molecular weight is 561 g/mol. The maximum Gasteiger partial charge on any atom is 0.407 e. The molecule has 11 nitrogen and oxygen atoms in total. The summed E-state index contributed by atoms with van der Waals surface area (Å²) in [6.45, 7) is -1.30. The SMILES string of the molecule is O=C(O)CNC(=O)[C@H](Cc1ccccc1)NC(=O)CNC(=O)CNC(=O)OCC1C2=C(C=CCC2)c2ccccc21. The van der Waals surface area contributed by atoms with Gasteiger partial charge in [-0.3, -0.25) is 19.2 Å². The van der Waals surface area contributed by atoms with Gasteiger partial charge in [0, 0.05) is 12.3 Å². The fraction of sp³-hybridized carbons (Fsp3) is 0.300. The predicted molar refractivity (Wildman–Crippen MR) is 150 cm³/mol. The van der Waals surface area contributed by atoms with Crippen LogP contribution < -0.4 is 21.3 Å². The largest absolute Gasteiger partial charge is 0.480 e. The molecular weight excluding hydrogens is 528 g/mol. The number of carboxylic acids is 1. The lowest BCUT2D eigenvalue weighted by Gasteiger charge is -2.19. The summed E-state index contributed by atoms with van der Waals surface area (Å²) in [4.78, 5) is 60.3. The van der Waals surface area contributed by atoms with E-state index in [9.17, 15) is 24.0 Å². The van der Waals surface area contributed by atoms with Crippen LogP contribution in [-0.2, 0) is 30.3 Å². The minimum absolute atomic E-state index is 0.0362. The number of allylic oxidation sites excluding steroid dienone is 3. The number of benzene rings is 2. The first-order chi connectivity index (χ1) is 19.8. The second-order valence-corrected chi connectivity index (χ2v) is 9.67. The number of carbonyl (C=O) groups excluding carboxylic acids is 4. The second kappa shape index (κ2) is 13.9. The molecule has 2 aliphatic rings. The Morgan fingerprint density at radius 2 is 1.61 bits per heavy atom. The summed E-state index contributed by atoms with van der Waals surface area (Å²) in [5.74, 6) is -3.20. The van der Waals surface area contributed by atoms with Crippen molar-refractivity contribution >= 4 is 35.4 Å². The van der Waals surface area contributed by atoms with Crippen molar-refractivity contribution in [2.75, 3.05) is 26.2 Å². The summed E-state index contributed by atoms with van der Waals surface area (Å²) in [5, 5.41) is 18.4. The number of aliphatic carboxylic acids is 1. The number of nitrogens with one attached hydrogen (secondary N) is 4. The first-order valence-corrected chi connectivity index (χ1v) is 13.3. The highest BCUT2D eigenvalue weighted by atomic mass is 16.5. The van der Waals surface area contributed by atoms with Gasteiger partial charge in [0.15, 0.2) is 0 Å². The van der Waals surface area contributed by atoms with Gasteiger partial charge in [-0.15, -0.1) is 0 Å². The van der Waals surface area contributed by atoms with E-state index in [2.05, 4.69) is 39.5 Å². The van der Waals surface area contributed by atoms with E-state index in [0.717, 1.165) is 29.5 Å². The molecule has 0 aliphatic heterocycles. The number of carboxylic acid groups (broad SMARTS) is 1. The van der Waals surface area contributed by atoms with Crippen molar-refractivity contribution in [1.82, 2.24) is 21.3 Å². The van der Waals surface area contributed by atoms with E-state index in [0.29, 0.717) is 0 Å². The van der Waals surface area contributed by atoms with E-state index in [1.807, 2.05) is 18.2 Å². The third-order valence-corrected chi connectivity index (χ3v) is 6.83. The lowest BCUT2D eigenvalue weighted by atomic mass is 9.91. The molecule has 0 spiro atoms. The molecule has 4 rings (SSSR count). The van der Waals surface area contributed by atoms with Gasteiger partial charge in [0.05, 0.1) is 6.54 Å². The maximum absolute atomic E-state index is 12.5. The fourth-order valence-corrected chi connectivity index (χ4v) is 4.92. The topological polar surface area (TPSA) is 163 Å². The minimum Gasteiger partial charge on any atom is -0.480 e. The van der Waals surface area contributed by atoms with Crippen LogP contribution in [0.25, 0.3) is 5.57 Å². The first kappa shape index (κ1) is 29.1. The number of hydrogen-bond donors (Lipinski definition) is 5. The molecule has 5 N–H and O–H groups in total. The molecule has 0 bridgehead atoms. The Bertz CT molecular complexity index is 1370. The van der Waals surface area contributed by atoms with Gasteiger partial charge in [-0.05, 0) is 35.1 Å². The first-order valence-electron chi connectivity index (χ1n) is 13.3. The third-order valence-electron chi connectivity index (χ3n) is 6.83. The predicted octanol–water partition coefficient (Wildman–Crippen LogP) is 1.66. The van der Waals surface area contributed by atoms with E-state index >= 15 is 0 Å². The molecule has 0 fully saturated rings. The molecule has 0 saturated carbocycles.